The molecule has 0 amide bonds. The number of rotatable bonds is 4. The van der Waals surface area contributed by atoms with Crippen LogP contribution in [-0.2, 0) is 18.3 Å². The number of hydrogen-bond acceptors (Lipinski definition) is 4. The van der Waals surface area contributed by atoms with Crippen LogP contribution >= 0.6 is 0 Å². The first-order chi connectivity index (χ1) is 28.7. The van der Waals surface area contributed by atoms with Crippen LogP contribution < -0.4 is 0 Å². The monoisotopic (exact) mass is 741 g/mol. The van der Waals surface area contributed by atoms with Gasteiger partial charge in [0.05, 0.1) is 5.41 Å². The van der Waals surface area contributed by atoms with E-state index in [1.54, 1.807) is 0 Å². The maximum absolute atomic E-state index is 6.56. The molecule has 2 aliphatic carbocycles. The molecule has 4 nitrogen and oxygen atoms in total. The summed E-state index contributed by atoms with van der Waals surface area (Å²) in [4.78, 5) is 15.2. The van der Waals surface area contributed by atoms with Crippen LogP contribution in [0.5, 0.6) is 0 Å². The molecule has 0 radical (unpaired) electrons. The molecule has 10 aromatic rings. The second-order valence-electron chi connectivity index (χ2n) is 15.5. The van der Waals surface area contributed by atoms with Crippen molar-refractivity contribution in [3.8, 4) is 45.3 Å². The van der Waals surface area contributed by atoms with Crippen LogP contribution in [0, 0.1) is 0 Å². The first-order valence-electron chi connectivity index (χ1n) is 19.9. The van der Waals surface area contributed by atoms with Crippen LogP contribution in [0.2, 0.25) is 0 Å². The van der Waals surface area contributed by atoms with Crippen molar-refractivity contribution in [1.82, 2.24) is 15.0 Å². The summed E-state index contributed by atoms with van der Waals surface area (Å²) in [6, 6.07) is 67.4. The lowest BCUT2D eigenvalue weighted by atomic mass is 9.55. The van der Waals surface area contributed by atoms with E-state index in [1.807, 2.05) is 72.8 Å². The third kappa shape index (κ3) is 4.91. The number of nitrogens with zero attached hydrogens (tertiary/aromatic N) is 3. The number of benzene rings is 8. The van der Waals surface area contributed by atoms with E-state index in [0.717, 1.165) is 57.0 Å². The largest absolute Gasteiger partial charge is 0.456 e. The molecule has 0 aliphatic heterocycles. The van der Waals surface area contributed by atoms with E-state index in [-0.39, 0.29) is 0 Å². The van der Waals surface area contributed by atoms with Crippen LogP contribution in [0.15, 0.2) is 192 Å². The molecule has 8 aromatic carbocycles. The van der Waals surface area contributed by atoms with Crippen molar-refractivity contribution >= 4 is 21.9 Å². The van der Waals surface area contributed by atoms with Crippen LogP contribution in [0.1, 0.15) is 44.5 Å². The number of hydrogen-bond donors (Lipinski definition) is 0. The second-order valence-corrected chi connectivity index (χ2v) is 15.5. The van der Waals surface area contributed by atoms with Crippen molar-refractivity contribution in [3.63, 3.8) is 0 Å². The van der Waals surface area contributed by atoms with Crippen LogP contribution in [0.25, 0.3) is 67.2 Å². The molecule has 0 unspecified atom stereocenters. The molecule has 12 rings (SSSR count). The first kappa shape index (κ1) is 32.8. The van der Waals surface area contributed by atoms with Crippen molar-refractivity contribution in [3.05, 3.63) is 233 Å². The summed E-state index contributed by atoms with van der Waals surface area (Å²) in [5, 5.41) is 2.01. The number of fused-ring (bicyclic) bond motifs is 11. The zero-order chi connectivity index (χ0) is 38.2. The normalized spacial score (nSPS) is 13.5. The molecule has 4 heteroatoms. The highest BCUT2D eigenvalue weighted by Crippen LogP contribution is 2.55. The Balaban J connectivity index is 1.07. The lowest BCUT2D eigenvalue weighted by Gasteiger charge is -2.46. The summed E-state index contributed by atoms with van der Waals surface area (Å²) in [6.45, 7) is 0. The highest BCUT2D eigenvalue weighted by molar-refractivity contribution is 6.12. The van der Waals surface area contributed by atoms with Crippen molar-refractivity contribution in [2.75, 3.05) is 0 Å². The molecule has 2 aromatic heterocycles. The summed E-state index contributed by atoms with van der Waals surface area (Å²) < 4.78 is 6.56. The minimum atomic E-state index is -0.434. The molecule has 2 aliphatic rings. The van der Waals surface area contributed by atoms with Gasteiger partial charge in [-0.25, -0.2) is 15.0 Å². The SMILES string of the molecule is c1ccc(-c2nc(-c3ccccc3)nc(-c3cccc4oc5ccc(-c6ccc7c(c6)C6(c8ccccc8Cc8ccccc86)c6ccccc6C7)cc5c34)n2)cc1. The maximum atomic E-state index is 6.56. The second kappa shape index (κ2) is 12.8. The molecular weight excluding hydrogens is 707 g/mol. The molecule has 0 saturated carbocycles. The predicted octanol–water partition coefficient (Wildman–Crippen LogP) is 12.6. The molecule has 0 fully saturated rings. The zero-order valence-electron chi connectivity index (χ0n) is 31.6. The fourth-order valence-corrected chi connectivity index (χ4v) is 9.78. The number of furan rings is 1. The standard InChI is InChI=1S/C54H35N3O/c1-3-14-34(15-4-1)51-55-52(35-16-5-2-6-17-35)57-53(56-51)42-21-13-25-49-50(42)43-32-36(28-29-48(43)58-49)37-26-27-41-31-40-20-9-12-24-46(40)54(47(41)33-37)44-22-10-7-18-38(44)30-39-19-8-11-23-45(39)54/h1-29,32-33H,30-31H2. The van der Waals surface area contributed by atoms with Crippen molar-refractivity contribution < 1.29 is 4.42 Å². The van der Waals surface area contributed by atoms with Crippen molar-refractivity contribution in [2.24, 2.45) is 0 Å². The molecule has 0 N–H and O–H groups in total. The van der Waals surface area contributed by atoms with E-state index in [4.69, 9.17) is 19.4 Å². The van der Waals surface area contributed by atoms with Gasteiger partial charge in [0.1, 0.15) is 11.2 Å². The van der Waals surface area contributed by atoms with Gasteiger partial charge >= 0.3 is 0 Å². The summed E-state index contributed by atoms with van der Waals surface area (Å²) in [5.74, 6) is 1.87. The maximum Gasteiger partial charge on any atom is 0.164 e. The topological polar surface area (TPSA) is 51.8 Å². The van der Waals surface area contributed by atoms with Gasteiger partial charge in [0.15, 0.2) is 17.5 Å². The third-order valence-electron chi connectivity index (χ3n) is 12.3. The Labute approximate surface area is 336 Å². The molecule has 0 saturated heterocycles. The average molecular weight is 742 g/mol. The first-order valence-corrected chi connectivity index (χ1v) is 19.9. The van der Waals surface area contributed by atoms with E-state index in [0.29, 0.717) is 17.5 Å². The van der Waals surface area contributed by atoms with Gasteiger partial charge in [-0.2, -0.15) is 0 Å². The minimum absolute atomic E-state index is 0.434. The Bertz CT molecular complexity index is 3080. The number of aromatic nitrogens is 3. The summed E-state index contributed by atoms with van der Waals surface area (Å²) >= 11 is 0. The molecule has 0 bridgehead atoms. The Morgan fingerprint density at radius 3 is 1.47 bits per heavy atom. The Morgan fingerprint density at radius 2 is 0.862 bits per heavy atom. The summed E-state index contributed by atoms with van der Waals surface area (Å²) in [6.07, 6.45) is 1.83. The third-order valence-corrected chi connectivity index (χ3v) is 12.3. The van der Waals surface area contributed by atoms with Gasteiger partial charge in [-0.15, -0.1) is 0 Å². The van der Waals surface area contributed by atoms with Gasteiger partial charge < -0.3 is 4.42 Å². The molecule has 1 spiro atoms. The van der Waals surface area contributed by atoms with Gasteiger partial charge in [-0.3, -0.25) is 0 Å². The van der Waals surface area contributed by atoms with Gasteiger partial charge in [0, 0.05) is 27.5 Å². The van der Waals surface area contributed by atoms with E-state index >= 15 is 0 Å². The fraction of sp³-hybridized carbons (Fsp3) is 0.0556. The van der Waals surface area contributed by atoms with Crippen LogP contribution in [0.3, 0.4) is 0 Å². The Morgan fingerprint density at radius 1 is 0.362 bits per heavy atom. The Hall–Kier alpha value is -7.43. The average Bonchev–Trinajstić information content (AvgIpc) is 3.68. The van der Waals surface area contributed by atoms with Gasteiger partial charge in [0.2, 0.25) is 0 Å². The summed E-state index contributed by atoms with van der Waals surface area (Å²) in [7, 11) is 0. The van der Waals surface area contributed by atoms with Crippen LogP contribution in [0.4, 0.5) is 0 Å². The molecule has 272 valence electrons. The molecular formula is C54H35N3O. The quantitative estimate of drug-likeness (QED) is 0.180. The van der Waals surface area contributed by atoms with E-state index in [1.165, 1.54) is 50.1 Å². The minimum Gasteiger partial charge on any atom is -0.456 e. The van der Waals surface area contributed by atoms with E-state index in [9.17, 15) is 0 Å². The van der Waals surface area contributed by atoms with E-state index in [2.05, 4.69) is 115 Å². The predicted molar refractivity (Wildman–Crippen MR) is 233 cm³/mol. The molecule has 58 heavy (non-hydrogen) atoms. The van der Waals surface area contributed by atoms with Gasteiger partial charge in [0.25, 0.3) is 0 Å². The van der Waals surface area contributed by atoms with Gasteiger partial charge in [-0.05, 0) is 92.7 Å². The Kier molecular flexibility index (Phi) is 7.24. The lowest BCUT2D eigenvalue weighted by molar-refractivity contribution is 0.669. The highest BCUT2D eigenvalue weighted by atomic mass is 16.3. The fourth-order valence-electron chi connectivity index (χ4n) is 9.78. The summed E-state index contributed by atoms with van der Waals surface area (Å²) in [5.41, 5.74) is 17.3. The zero-order valence-corrected chi connectivity index (χ0v) is 31.6. The van der Waals surface area contributed by atoms with Crippen molar-refractivity contribution in [1.29, 1.82) is 0 Å². The van der Waals surface area contributed by atoms with Crippen LogP contribution in [-0.4, -0.2) is 15.0 Å². The van der Waals surface area contributed by atoms with Crippen molar-refractivity contribution in [2.45, 2.75) is 18.3 Å². The highest BCUT2D eigenvalue weighted by Gasteiger charge is 2.47. The van der Waals surface area contributed by atoms with E-state index < -0.39 is 5.41 Å². The molecule has 0 atom stereocenters. The lowest BCUT2D eigenvalue weighted by Crippen LogP contribution is -2.40. The smallest absolute Gasteiger partial charge is 0.164 e. The van der Waals surface area contributed by atoms with Gasteiger partial charge in [-0.1, -0.05) is 164 Å². The molecule has 2 heterocycles.